The lowest BCUT2D eigenvalue weighted by Crippen LogP contribution is -2.37. The maximum absolute atomic E-state index is 12.0. The number of aliphatic hydroxyl groups is 1. The van der Waals surface area contributed by atoms with Crippen LogP contribution in [0.5, 0.6) is 5.75 Å². The highest BCUT2D eigenvalue weighted by atomic mass is 35.5. The molecule has 0 bridgehead atoms. The maximum Gasteiger partial charge on any atom is 0.287 e. The molecule has 2 aromatic rings. The molecule has 1 heterocycles. The van der Waals surface area contributed by atoms with Gasteiger partial charge in [0.1, 0.15) is 18.1 Å². The molecule has 1 aromatic heterocycles. The van der Waals surface area contributed by atoms with Gasteiger partial charge in [0.25, 0.3) is 5.91 Å². The van der Waals surface area contributed by atoms with Crippen molar-refractivity contribution in [1.29, 1.82) is 0 Å². The summed E-state index contributed by atoms with van der Waals surface area (Å²) in [5, 5.41) is 13.3. The fourth-order valence-corrected chi connectivity index (χ4v) is 2.57. The predicted octanol–water partition coefficient (Wildman–Crippen LogP) is 2.82. The van der Waals surface area contributed by atoms with Crippen molar-refractivity contribution in [3.63, 3.8) is 0 Å². The summed E-state index contributed by atoms with van der Waals surface area (Å²) in [5.41, 5.74) is 0. The van der Waals surface area contributed by atoms with E-state index in [1.54, 1.807) is 30.3 Å². The fraction of sp³-hybridized carbons (Fsp3) is 0.353. The average Bonchev–Trinajstić information content (AvgIpc) is 3.00. The maximum atomic E-state index is 12.0. The van der Waals surface area contributed by atoms with Crippen LogP contribution < -0.4 is 10.1 Å². The Balaban J connectivity index is 1.85. The molecule has 0 saturated heterocycles. The van der Waals surface area contributed by atoms with Gasteiger partial charge in [0.05, 0.1) is 11.1 Å². The van der Waals surface area contributed by atoms with E-state index in [-0.39, 0.29) is 18.9 Å². The Labute approximate surface area is 156 Å². The van der Waals surface area contributed by atoms with Crippen molar-refractivity contribution in [2.45, 2.75) is 12.7 Å². The molecule has 1 atom stereocenters. The third-order valence-electron chi connectivity index (χ3n) is 3.22. The number of benzene rings is 1. The third kappa shape index (κ3) is 6.25. The SMILES string of the molecule is CN(C)CC(O)CNC(=O)c1ccc(COc2ccc(Cl)cc2Cl)o1. The lowest BCUT2D eigenvalue weighted by Gasteiger charge is -2.15. The van der Waals surface area contributed by atoms with E-state index in [0.29, 0.717) is 28.1 Å². The largest absolute Gasteiger partial charge is 0.484 e. The summed E-state index contributed by atoms with van der Waals surface area (Å²) in [7, 11) is 3.69. The second-order valence-electron chi connectivity index (χ2n) is 5.76. The molecule has 1 aromatic carbocycles. The molecule has 0 radical (unpaired) electrons. The Hall–Kier alpha value is -1.73. The number of furan rings is 1. The molecule has 6 nitrogen and oxygen atoms in total. The molecule has 25 heavy (non-hydrogen) atoms. The number of ether oxygens (including phenoxy) is 1. The van der Waals surface area contributed by atoms with Crippen LogP contribution in [0.3, 0.4) is 0 Å². The normalized spacial score (nSPS) is 12.2. The Morgan fingerprint density at radius 2 is 2.08 bits per heavy atom. The lowest BCUT2D eigenvalue weighted by molar-refractivity contribution is 0.0862. The Kier molecular flexibility index (Phi) is 7.13. The van der Waals surface area contributed by atoms with Crippen LogP contribution in [-0.4, -0.2) is 49.2 Å². The Morgan fingerprint density at radius 3 is 2.76 bits per heavy atom. The number of hydrogen-bond donors (Lipinski definition) is 2. The smallest absolute Gasteiger partial charge is 0.287 e. The van der Waals surface area contributed by atoms with Crippen LogP contribution in [0.25, 0.3) is 0 Å². The summed E-state index contributed by atoms with van der Waals surface area (Å²) >= 11 is 11.9. The lowest BCUT2D eigenvalue weighted by atomic mass is 10.3. The van der Waals surface area contributed by atoms with Crippen LogP contribution in [0.2, 0.25) is 10.0 Å². The number of nitrogens with one attached hydrogen (secondary N) is 1. The van der Waals surface area contributed by atoms with Crippen LogP contribution in [0.15, 0.2) is 34.7 Å². The van der Waals surface area contributed by atoms with Crippen molar-refractivity contribution in [3.8, 4) is 5.75 Å². The molecule has 0 saturated carbocycles. The van der Waals surface area contributed by atoms with Gasteiger partial charge in [-0.05, 0) is 44.4 Å². The first-order valence-electron chi connectivity index (χ1n) is 7.62. The number of carbonyl (C=O) groups excluding carboxylic acids is 1. The number of amides is 1. The predicted molar refractivity (Wildman–Crippen MR) is 96.4 cm³/mol. The van der Waals surface area contributed by atoms with Crippen molar-refractivity contribution >= 4 is 29.1 Å². The zero-order valence-electron chi connectivity index (χ0n) is 14.0. The van der Waals surface area contributed by atoms with Gasteiger partial charge in [-0.2, -0.15) is 0 Å². The molecule has 2 rings (SSSR count). The highest BCUT2D eigenvalue weighted by Crippen LogP contribution is 2.28. The van der Waals surface area contributed by atoms with Crippen molar-refractivity contribution in [2.75, 3.05) is 27.2 Å². The van der Waals surface area contributed by atoms with Crippen LogP contribution in [0.1, 0.15) is 16.3 Å². The molecule has 1 amide bonds. The van der Waals surface area contributed by atoms with E-state index in [1.807, 2.05) is 19.0 Å². The van der Waals surface area contributed by atoms with Crippen molar-refractivity contribution in [1.82, 2.24) is 10.2 Å². The van der Waals surface area contributed by atoms with Crippen molar-refractivity contribution < 1.29 is 19.1 Å². The monoisotopic (exact) mass is 386 g/mol. The molecule has 0 aliphatic rings. The topological polar surface area (TPSA) is 74.9 Å². The van der Waals surface area contributed by atoms with E-state index in [4.69, 9.17) is 32.4 Å². The number of halogens is 2. The van der Waals surface area contributed by atoms with E-state index in [0.717, 1.165) is 0 Å². The number of rotatable bonds is 8. The van der Waals surface area contributed by atoms with Crippen molar-refractivity contribution in [3.05, 3.63) is 51.9 Å². The molecule has 136 valence electrons. The third-order valence-corrected chi connectivity index (χ3v) is 3.75. The molecule has 0 aliphatic heterocycles. The number of likely N-dealkylation sites (N-methyl/N-ethyl adjacent to an activating group) is 1. The van der Waals surface area contributed by atoms with Crippen LogP contribution in [-0.2, 0) is 6.61 Å². The van der Waals surface area contributed by atoms with Gasteiger partial charge in [-0.3, -0.25) is 4.79 Å². The van der Waals surface area contributed by atoms with Crippen LogP contribution in [0.4, 0.5) is 0 Å². The van der Waals surface area contributed by atoms with Gasteiger partial charge in [-0.25, -0.2) is 0 Å². The summed E-state index contributed by atoms with van der Waals surface area (Å²) in [4.78, 5) is 13.8. The first-order valence-corrected chi connectivity index (χ1v) is 8.38. The Morgan fingerprint density at radius 1 is 1.32 bits per heavy atom. The quantitative estimate of drug-likeness (QED) is 0.729. The first kappa shape index (κ1) is 19.6. The van der Waals surface area contributed by atoms with Crippen LogP contribution >= 0.6 is 23.2 Å². The van der Waals surface area contributed by atoms with Crippen LogP contribution in [0, 0.1) is 0 Å². The standard InChI is InChI=1S/C17H20Cl2N2O4/c1-21(2)9-12(22)8-20-17(23)16-6-4-13(25-16)10-24-15-5-3-11(18)7-14(15)19/h3-7,12,22H,8-10H2,1-2H3,(H,20,23). The van der Waals surface area contributed by atoms with E-state index in [9.17, 15) is 9.90 Å². The van der Waals surface area contributed by atoms with Crippen molar-refractivity contribution in [2.24, 2.45) is 0 Å². The van der Waals surface area contributed by atoms with E-state index < -0.39 is 12.0 Å². The number of hydrogen-bond acceptors (Lipinski definition) is 5. The molecular formula is C17H20Cl2N2O4. The number of carbonyl (C=O) groups is 1. The average molecular weight is 387 g/mol. The summed E-state index contributed by atoms with van der Waals surface area (Å²) < 4.78 is 11.0. The Bertz CT molecular complexity index is 718. The summed E-state index contributed by atoms with van der Waals surface area (Å²) in [6, 6.07) is 8.11. The van der Waals surface area contributed by atoms with E-state index in [1.165, 1.54) is 0 Å². The molecule has 0 spiro atoms. The van der Waals surface area contributed by atoms with E-state index >= 15 is 0 Å². The minimum atomic E-state index is -0.649. The second kappa shape index (κ2) is 9.10. The van der Waals surface area contributed by atoms with Gasteiger partial charge in [0.15, 0.2) is 5.76 Å². The zero-order chi connectivity index (χ0) is 18.4. The minimum absolute atomic E-state index is 0.123. The molecule has 2 N–H and O–H groups in total. The van der Waals surface area contributed by atoms with E-state index in [2.05, 4.69) is 5.32 Å². The molecule has 1 unspecified atom stereocenters. The molecule has 8 heteroatoms. The van der Waals surface area contributed by atoms with Gasteiger partial charge in [0.2, 0.25) is 0 Å². The second-order valence-corrected chi connectivity index (χ2v) is 6.60. The van der Waals surface area contributed by atoms with Gasteiger partial charge in [-0.1, -0.05) is 23.2 Å². The molecular weight excluding hydrogens is 367 g/mol. The molecule has 0 aliphatic carbocycles. The zero-order valence-corrected chi connectivity index (χ0v) is 15.5. The first-order chi connectivity index (χ1) is 11.8. The highest BCUT2D eigenvalue weighted by Gasteiger charge is 2.14. The van der Waals surface area contributed by atoms with Gasteiger partial charge in [0, 0.05) is 18.1 Å². The van der Waals surface area contributed by atoms with Gasteiger partial charge >= 0.3 is 0 Å². The van der Waals surface area contributed by atoms with Gasteiger partial charge < -0.3 is 24.5 Å². The number of aliphatic hydroxyl groups excluding tert-OH is 1. The summed E-state index contributed by atoms with van der Waals surface area (Å²) in [6.45, 7) is 0.723. The number of nitrogens with zero attached hydrogens (tertiary/aromatic N) is 1. The minimum Gasteiger partial charge on any atom is -0.484 e. The highest BCUT2D eigenvalue weighted by molar-refractivity contribution is 6.35. The summed E-state index contributed by atoms with van der Waals surface area (Å²) in [5.74, 6) is 0.705. The van der Waals surface area contributed by atoms with Gasteiger partial charge in [-0.15, -0.1) is 0 Å². The fourth-order valence-electron chi connectivity index (χ4n) is 2.10. The molecule has 0 fully saturated rings. The summed E-state index contributed by atoms with van der Waals surface area (Å²) in [6.07, 6.45) is -0.649.